The summed E-state index contributed by atoms with van der Waals surface area (Å²) in [7, 11) is 1.64. The first-order valence-electron chi connectivity index (χ1n) is 10.3. The minimum absolute atomic E-state index is 0.0351. The number of nitrogens with zero attached hydrogens (tertiary/aromatic N) is 2. The van der Waals surface area contributed by atoms with Gasteiger partial charge in [0, 0.05) is 6.04 Å². The fourth-order valence-electron chi connectivity index (χ4n) is 4.94. The van der Waals surface area contributed by atoms with Gasteiger partial charge in [-0.15, -0.1) is 0 Å². The molecule has 0 bridgehead atoms. The molecule has 0 aromatic heterocycles. The highest BCUT2D eigenvalue weighted by molar-refractivity contribution is 6.08. The monoisotopic (exact) mass is 400 g/mol. The van der Waals surface area contributed by atoms with Crippen LogP contribution < -0.4 is 0 Å². The maximum Gasteiger partial charge on any atom is 0.326 e. The van der Waals surface area contributed by atoms with Crippen LogP contribution in [0.15, 0.2) is 30.3 Å². The molecule has 1 saturated heterocycles. The summed E-state index contributed by atoms with van der Waals surface area (Å²) >= 11 is 0. The summed E-state index contributed by atoms with van der Waals surface area (Å²) < 4.78 is 0. The summed E-state index contributed by atoms with van der Waals surface area (Å²) in [6.07, 6.45) is 4.25. The third-order valence-electron chi connectivity index (χ3n) is 6.67. The fraction of sp³-hybridized carbons (Fsp3) is 0.571. The van der Waals surface area contributed by atoms with Gasteiger partial charge in [0.15, 0.2) is 7.98 Å². The van der Waals surface area contributed by atoms with Crippen molar-refractivity contribution in [2.75, 3.05) is 0 Å². The molecule has 1 aromatic carbocycles. The Kier molecular flexibility index (Phi) is 6.62. The molecule has 2 aliphatic rings. The Morgan fingerprint density at radius 1 is 1.21 bits per heavy atom. The van der Waals surface area contributed by atoms with Crippen molar-refractivity contribution < 1.29 is 24.6 Å². The molecule has 0 spiro atoms. The molecule has 1 amide bonds. The van der Waals surface area contributed by atoms with E-state index >= 15 is 0 Å². The molecular formula is C21H29BN2O5. The van der Waals surface area contributed by atoms with Crippen molar-refractivity contribution in [2.45, 2.75) is 69.6 Å². The zero-order valence-corrected chi connectivity index (χ0v) is 17.0. The Morgan fingerprint density at radius 3 is 2.52 bits per heavy atom. The van der Waals surface area contributed by atoms with Crippen LogP contribution in [0.5, 0.6) is 0 Å². The predicted octanol–water partition coefficient (Wildman–Crippen LogP) is 1.17. The van der Waals surface area contributed by atoms with E-state index in [1.807, 2.05) is 30.3 Å². The lowest BCUT2D eigenvalue weighted by Gasteiger charge is -2.36. The van der Waals surface area contributed by atoms with Gasteiger partial charge >= 0.3 is 11.9 Å². The average Bonchev–Trinajstić information content (AvgIpc) is 3.28. The Morgan fingerprint density at radius 2 is 1.90 bits per heavy atom. The number of benzene rings is 1. The zero-order valence-electron chi connectivity index (χ0n) is 17.0. The number of carbonyl (C=O) groups excluding carboxylic acids is 1. The quantitative estimate of drug-likeness (QED) is 0.636. The number of rotatable bonds is 8. The van der Waals surface area contributed by atoms with Gasteiger partial charge in [-0.2, -0.15) is 0 Å². The molecule has 156 valence electrons. The summed E-state index contributed by atoms with van der Waals surface area (Å²) in [5, 5.41) is 19.4. The lowest BCUT2D eigenvalue weighted by Crippen LogP contribution is -2.56. The molecule has 5 atom stereocenters. The zero-order chi connectivity index (χ0) is 21.1. The summed E-state index contributed by atoms with van der Waals surface area (Å²) in [6.45, 7) is 1.68. The van der Waals surface area contributed by atoms with Crippen LogP contribution in [0.2, 0.25) is 0 Å². The highest BCUT2D eigenvalue weighted by Gasteiger charge is 2.50. The number of aliphatic carboxylic acids is 2. The number of carbonyl (C=O) groups is 3. The molecule has 2 N–H and O–H groups in total. The van der Waals surface area contributed by atoms with Crippen molar-refractivity contribution in [3.05, 3.63) is 35.9 Å². The maximum absolute atomic E-state index is 13.3. The second-order valence-electron chi connectivity index (χ2n) is 8.31. The standard InChI is InChI=1S/C21H29BN2O5/c1-13(19(25)23-16-9-5-8-15(16)12-18(23)21(28)29)24(22)17(20(26)27)11-10-14-6-3-2-4-7-14/h2-4,6-7,13,15-18H,5,8-12,22H2,1H3,(H,26,27)(H,28,29)/t13-,15-,16-,17-,18-/m0/s1. The van der Waals surface area contributed by atoms with Crippen molar-refractivity contribution in [2.24, 2.45) is 5.92 Å². The molecule has 29 heavy (non-hydrogen) atoms. The summed E-state index contributed by atoms with van der Waals surface area (Å²) in [4.78, 5) is 40.0. The molecule has 7 nitrogen and oxygen atoms in total. The van der Waals surface area contributed by atoms with Crippen molar-refractivity contribution in [1.29, 1.82) is 0 Å². The largest absolute Gasteiger partial charge is 0.480 e. The third kappa shape index (κ3) is 4.47. The van der Waals surface area contributed by atoms with Crippen LogP contribution in [0.4, 0.5) is 0 Å². The van der Waals surface area contributed by atoms with Gasteiger partial charge in [0.1, 0.15) is 6.04 Å². The SMILES string of the molecule is BN([C@@H](C)C(=O)N1[C@H](C(=O)O)C[C@@H]2CCC[C@@H]21)[C@@H](CCc1ccccc1)C(=O)O. The molecule has 2 fully saturated rings. The first-order valence-corrected chi connectivity index (χ1v) is 10.3. The van der Waals surface area contributed by atoms with Gasteiger partial charge in [0.2, 0.25) is 5.91 Å². The minimum Gasteiger partial charge on any atom is -0.480 e. The molecule has 1 aliphatic heterocycles. The van der Waals surface area contributed by atoms with Gasteiger partial charge < -0.3 is 19.9 Å². The number of aryl methyl sites for hydroxylation is 1. The molecule has 0 radical (unpaired) electrons. The number of hydrogen-bond donors (Lipinski definition) is 2. The van der Waals surface area contributed by atoms with Gasteiger partial charge in [-0.05, 0) is 50.5 Å². The Labute approximate surface area is 172 Å². The van der Waals surface area contributed by atoms with Crippen LogP contribution in [0.1, 0.15) is 44.6 Å². The van der Waals surface area contributed by atoms with Crippen molar-refractivity contribution in [3.8, 4) is 0 Å². The van der Waals surface area contributed by atoms with E-state index in [9.17, 15) is 24.6 Å². The van der Waals surface area contributed by atoms with Crippen molar-refractivity contribution in [1.82, 2.24) is 9.71 Å². The molecule has 1 aliphatic carbocycles. The van der Waals surface area contributed by atoms with E-state index in [0.29, 0.717) is 19.3 Å². The number of carboxylic acids is 2. The Bertz CT molecular complexity index is 759. The molecule has 1 saturated carbocycles. The highest BCUT2D eigenvalue weighted by Crippen LogP contribution is 2.41. The number of amides is 1. The van der Waals surface area contributed by atoms with E-state index in [4.69, 9.17) is 0 Å². The number of carboxylic acid groups (broad SMARTS) is 2. The Hall–Kier alpha value is -2.35. The van der Waals surface area contributed by atoms with Gasteiger partial charge in [-0.3, -0.25) is 9.59 Å². The van der Waals surface area contributed by atoms with Crippen molar-refractivity contribution >= 4 is 25.8 Å². The topological polar surface area (TPSA) is 98.2 Å². The van der Waals surface area contributed by atoms with Crippen LogP contribution in [0.3, 0.4) is 0 Å². The Balaban J connectivity index is 1.72. The van der Waals surface area contributed by atoms with Crippen LogP contribution in [0, 0.1) is 5.92 Å². The molecule has 0 unspecified atom stereocenters. The van der Waals surface area contributed by atoms with E-state index in [2.05, 4.69) is 0 Å². The molecule has 3 rings (SSSR count). The number of likely N-dealkylation sites (tertiary alicyclic amines) is 1. The fourth-order valence-corrected chi connectivity index (χ4v) is 4.94. The van der Waals surface area contributed by atoms with E-state index in [-0.39, 0.29) is 17.9 Å². The van der Waals surface area contributed by atoms with Gasteiger partial charge in [-0.1, -0.05) is 36.8 Å². The first kappa shape index (κ1) is 21.4. The van der Waals surface area contributed by atoms with Crippen LogP contribution in [-0.2, 0) is 20.8 Å². The second kappa shape index (κ2) is 8.99. The minimum atomic E-state index is -0.974. The van der Waals surface area contributed by atoms with Gasteiger partial charge in [-0.25, -0.2) is 4.79 Å². The summed E-state index contributed by atoms with van der Waals surface area (Å²) in [6, 6.07) is 7.29. The summed E-state index contributed by atoms with van der Waals surface area (Å²) in [5.41, 5.74) is 1.05. The molecular weight excluding hydrogens is 371 g/mol. The molecule has 8 heteroatoms. The number of hydrogen-bond acceptors (Lipinski definition) is 4. The van der Waals surface area contributed by atoms with Crippen LogP contribution in [0.25, 0.3) is 0 Å². The number of fused-ring (bicyclic) bond motifs is 1. The molecule has 1 aromatic rings. The average molecular weight is 400 g/mol. The normalized spacial score (nSPS) is 25.6. The van der Waals surface area contributed by atoms with Gasteiger partial charge in [0.25, 0.3) is 0 Å². The highest BCUT2D eigenvalue weighted by atomic mass is 16.4. The first-order chi connectivity index (χ1) is 13.8. The van der Waals surface area contributed by atoms with E-state index < -0.39 is 30.1 Å². The second-order valence-corrected chi connectivity index (χ2v) is 8.31. The van der Waals surface area contributed by atoms with Crippen LogP contribution in [-0.4, -0.2) is 69.9 Å². The van der Waals surface area contributed by atoms with Crippen LogP contribution >= 0.6 is 0 Å². The lowest BCUT2D eigenvalue weighted by molar-refractivity contribution is -0.152. The van der Waals surface area contributed by atoms with Crippen molar-refractivity contribution in [3.63, 3.8) is 0 Å². The predicted molar refractivity (Wildman–Crippen MR) is 110 cm³/mol. The van der Waals surface area contributed by atoms with E-state index in [1.54, 1.807) is 19.7 Å². The summed E-state index contributed by atoms with van der Waals surface area (Å²) in [5.74, 6) is -1.98. The smallest absolute Gasteiger partial charge is 0.326 e. The van der Waals surface area contributed by atoms with E-state index in [1.165, 1.54) is 4.90 Å². The molecule has 1 heterocycles. The van der Waals surface area contributed by atoms with Gasteiger partial charge in [0.05, 0.1) is 12.1 Å². The maximum atomic E-state index is 13.3. The lowest BCUT2D eigenvalue weighted by atomic mass is 9.99. The van der Waals surface area contributed by atoms with E-state index in [0.717, 1.165) is 24.8 Å². The third-order valence-corrected chi connectivity index (χ3v) is 6.67.